The second-order valence-electron chi connectivity index (χ2n) is 4.56. The fraction of sp³-hybridized carbons (Fsp3) is 0.462. The van der Waals surface area contributed by atoms with Crippen molar-refractivity contribution in [2.24, 2.45) is 0 Å². The van der Waals surface area contributed by atoms with E-state index >= 15 is 0 Å². The minimum absolute atomic E-state index is 0.0812. The molecule has 0 atom stereocenters. The highest BCUT2D eigenvalue weighted by Crippen LogP contribution is 2.39. The molecule has 88 valence electrons. The molecule has 1 aromatic carbocycles. The smallest absolute Gasteiger partial charge is 0.258 e. The van der Waals surface area contributed by atoms with Crippen molar-refractivity contribution in [1.82, 2.24) is 0 Å². The molecule has 17 heavy (non-hydrogen) atoms. The Morgan fingerprint density at radius 3 is 2.24 bits per heavy atom. The van der Waals surface area contributed by atoms with E-state index in [1.165, 1.54) is 18.6 Å². The molecule has 0 bridgehead atoms. The summed E-state index contributed by atoms with van der Waals surface area (Å²) in [5.41, 5.74) is 0.579. The highest BCUT2D eigenvalue weighted by atomic mass is 16.6. The van der Waals surface area contributed by atoms with Crippen LogP contribution in [0.15, 0.2) is 24.3 Å². The first kappa shape index (κ1) is 11.6. The second kappa shape index (κ2) is 4.54. The predicted octanol–water partition coefficient (Wildman–Crippen LogP) is 3.32. The van der Waals surface area contributed by atoms with Gasteiger partial charge in [0.1, 0.15) is 0 Å². The third-order valence-electron chi connectivity index (χ3n) is 3.55. The topological polar surface area (TPSA) is 66.9 Å². The number of hydrogen-bond acceptors (Lipinski definition) is 3. The van der Waals surface area contributed by atoms with Crippen molar-refractivity contribution in [3.8, 4) is 6.07 Å². The Labute approximate surface area is 100 Å². The van der Waals surface area contributed by atoms with E-state index in [1.807, 2.05) is 0 Å². The van der Waals surface area contributed by atoms with E-state index in [-0.39, 0.29) is 5.69 Å². The van der Waals surface area contributed by atoms with Crippen molar-refractivity contribution in [3.63, 3.8) is 0 Å². The highest BCUT2D eigenvalue weighted by Gasteiger charge is 2.34. The molecule has 0 aliphatic heterocycles. The normalized spacial score (nSPS) is 18.3. The molecule has 4 heteroatoms. The summed E-state index contributed by atoms with van der Waals surface area (Å²) in [6, 6.07) is 8.85. The standard InChI is InChI=1S/C13H14N2O2/c14-10-13(8-2-1-3-9-13)11-4-6-12(7-5-11)15(16)17/h4-7H,1-3,8-9H2. The first-order chi connectivity index (χ1) is 8.18. The molecule has 1 aliphatic rings. The van der Waals surface area contributed by atoms with E-state index in [1.54, 1.807) is 12.1 Å². The van der Waals surface area contributed by atoms with Gasteiger partial charge in [-0.25, -0.2) is 0 Å². The summed E-state index contributed by atoms with van der Waals surface area (Å²) in [7, 11) is 0. The maximum Gasteiger partial charge on any atom is 0.269 e. The third kappa shape index (κ3) is 2.14. The Bertz CT molecular complexity index is 453. The molecule has 0 spiro atoms. The summed E-state index contributed by atoms with van der Waals surface area (Å²) in [5.74, 6) is 0. The molecule has 1 aromatic rings. The van der Waals surface area contributed by atoms with Crippen molar-refractivity contribution in [2.45, 2.75) is 37.5 Å². The van der Waals surface area contributed by atoms with Gasteiger partial charge in [0.05, 0.1) is 16.4 Å². The van der Waals surface area contributed by atoms with E-state index < -0.39 is 10.3 Å². The van der Waals surface area contributed by atoms with Gasteiger partial charge in [0.2, 0.25) is 0 Å². The molecular formula is C13H14N2O2. The van der Waals surface area contributed by atoms with Gasteiger partial charge in [0, 0.05) is 12.1 Å². The molecule has 1 saturated carbocycles. The molecule has 0 radical (unpaired) electrons. The summed E-state index contributed by atoms with van der Waals surface area (Å²) in [4.78, 5) is 10.2. The van der Waals surface area contributed by atoms with Crippen LogP contribution in [0.4, 0.5) is 5.69 Å². The lowest BCUT2D eigenvalue weighted by Gasteiger charge is -2.30. The molecule has 1 aliphatic carbocycles. The van der Waals surface area contributed by atoms with Crippen LogP contribution >= 0.6 is 0 Å². The van der Waals surface area contributed by atoms with E-state index in [2.05, 4.69) is 6.07 Å². The fourth-order valence-corrected chi connectivity index (χ4v) is 2.52. The zero-order valence-electron chi connectivity index (χ0n) is 9.56. The number of nitro benzene ring substituents is 1. The number of benzene rings is 1. The summed E-state index contributed by atoms with van der Waals surface area (Å²) in [6.45, 7) is 0. The lowest BCUT2D eigenvalue weighted by molar-refractivity contribution is -0.384. The number of hydrogen-bond donors (Lipinski definition) is 0. The van der Waals surface area contributed by atoms with Crippen LogP contribution in [0, 0.1) is 21.4 Å². The Balaban J connectivity index is 2.32. The van der Waals surface area contributed by atoms with Gasteiger partial charge in [-0.2, -0.15) is 5.26 Å². The van der Waals surface area contributed by atoms with E-state index in [0.717, 1.165) is 31.2 Å². The van der Waals surface area contributed by atoms with Crippen LogP contribution in [0.3, 0.4) is 0 Å². The van der Waals surface area contributed by atoms with Crippen LogP contribution in [-0.4, -0.2) is 4.92 Å². The molecule has 0 N–H and O–H groups in total. The number of nitrogens with zero attached hydrogens (tertiary/aromatic N) is 2. The van der Waals surface area contributed by atoms with Crippen LogP contribution in [0.25, 0.3) is 0 Å². The lowest BCUT2D eigenvalue weighted by Crippen LogP contribution is -2.26. The average molecular weight is 230 g/mol. The summed E-state index contributed by atoms with van der Waals surface area (Å²) in [6.07, 6.45) is 5.02. The molecular weight excluding hydrogens is 216 g/mol. The summed E-state index contributed by atoms with van der Waals surface area (Å²) in [5, 5.41) is 20.0. The molecule has 0 aromatic heterocycles. The first-order valence-electron chi connectivity index (χ1n) is 5.84. The molecule has 1 fully saturated rings. The Kier molecular flexibility index (Phi) is 3.10. The van der Waals surface area contributed by atoms with Gasteiger partial charge < -0.3 is 0 Å². The van der Waals surface area contributed by atoms with Gasteiger partial charge in [-0.1, -0.05) is 31.4 Å². The predicted molar refractivity (Wildman–Crippen MR) is 63.5 cm³/mol. The number of nitro groups is 1. The fourth-order valence-electron chi connectivity index (χ4n) is 2.52. The van der Waals surface area contributed by atoms with Crippen molar-refractivity contribution in [2.75, 3.05) is 0 Å². The van der Waals surface area contributed by atoms with Crippen LogP contribution in [0.1, 0.15) is 37.7 Å². The quantitative estimate of drug-likeness (QED) is 0.578. The maximum absolute atomic E-state index is 10.6. The van der Waals surface area contributed by atoms with E-state index in [4.69, 9.17) is 0 Å². The van der Waals surface area contributed by atoms with Gasteiger partial charge in [-0.3, -0.25) is 10.1 Å². The largest absolute Gasteiger partial charge is 0.269 e. The van der Waals surface area contributed by atoms with Gasteiger partial charge in [-0.15, -0.1) is 0 Å². The molecule has 4 nitrogen and oxygen atoms in total. The van der Waals surface area contributed by atoms with Crippen molar-refractivity contribution < 1.29 is 4.92 Å². The van der Waals surface area contributed by atoms with Crippen molar-refractivity contribution in [1.29, 1.82) is 5.26 Å². The van der Waals surface area contributed by atoms with Gasteiger partial charge in [0.15, 0.2) is 0 Å². The minimum Gasteiger partial charge on any atom is -0.258 e. The van der Waals surface area contributed by atoms with Crippen molar-refractivity contribution >= 4 is 5.69 Å². The molecule has 2 rings (SSSR count). The minimum atomic E-state index is -0.423. The molecule has 0 unspecified atom stereocenters. The molecule has 0 saturated heterocycles. The molecule has 0 amide bonds. The third-order valence-corrected chi connectivity index (χ3v) is 3.55. The molecule has 0 heterocycles. The monoisotopic (exact) mass is 230 g/mol. The second-order valence-corrected chi connectivity index (χ2v) is 4.56. The SMILES string of the molecule is N#CC1(c2ccc([N+](=O)[O-])cc2)CCCCC1. The van der Waals surface area contributed by atoms with Crippen LogP contribution in [0.2, 0.25) is 0 Å². The van der Waals surface area contributed by atoms with Crippen molar-refractivity contribution in [3.05, 3.63) is 39.9 Å². The maximum atomic E-state index is 10.6. The number of rotatable bonds is 2. The van der Waals surface area contributed by atoms with Gasteiger partial charge >= 0.3 is 0 Å². The van der Waals surface area contributed by atoms with Crippen LogP contribution in [-0.2, 0) is 5.41 Å². The highest BCUT2D eigenvalue weighted by molar-refractivity contribution is 5.39. The van der Waals surface area contributed by atoms with E-state index in [9.17, 15) is 15.4 Å². The van der Waals surface area contributed by atoms with Crippen LogP contribution in [0.5, 0.6) is 0 Å². The van der Waals surface area contributed by atoms with E-state index in [0.29, 0.717) is 0 Å². The first-order valence-corrected chi connectivity index (χ1v) is 5.84. The number of nitriles is 1. The van der Waals surface area contributed by atoms with Gasteiger partial charge in [-0.05, 0) is 18.4 Å². The Morgan fingerprint density at radius 1 is 1.18 bits per heavy atom. The zero-order valence-corrected chi connectivity index (χ0v) is 9.56. The Morgan fingerprint density at radius 2 is 1.76 bits per heavy atom. The number of non-ortho nitro benzene ring substituents is 1. The summed E-state index contributed by atoms with van der Waals surface area (Å²) >= 11 is 0. The van der Waals surface area contributed by atoms with Crippen LogP contribution < -0.4 is 0 Å². The summed E-state index contributed by atoms with van der Waals surface area (Å²) < 4.78 is 0. The average Bonchev–Trinajstić information content (AvgIpc) is 2.39. The lowest BCUT2D eigenvalue weighted by atomic mass is 9.70. The van der Waals surface area contributed by atoms with Gasteiger partial charge in [0.25, 0.3) is 5.69 Å². The zero-order chi connectivity index (χ0) is 12.3. The Hall–Kier alpha value is -1.89.